The van der Waals surface area contributed by atoms with Gasteiger partial charge in [-0.15, -0.1) is 0 Å². The Morgan fingerprint density at radius 2 is 1.68 bits per heavy atom. The first-order chi connectivity index (χ1) is 14.3. The van der Waals surface area contributed by atoms with Gasteiger partial charge in [-0.3, -0.25) is 4.79 Å². The lowest BCUT2D eigenvalue weighted by Gasteiger charge is -2.27. The van der Waals surface area contributed by atoms with Crippen molar-refractivity contribution in [2.75, 3.05) is 40.4 Å². The Bertz CT molecular complexity index is 522. The molecule has 0 unspecified atom stereocenters. The number of likely N-dealkylation sites (tertiary alicyclic amines) is 1. The van der Waals surface area contributed by atoms with Gasteiger partial charge in [0.25, 0.3) is 0 Å². The van der Waals surface area contributed by atoms with Crippen LogP contribution in [0, 0.1) is 0 Å². The van der Waals surface area contributed by atoms with Crippen molar-refractivity contribution in [3.8, 4) is 0 Å². The number of hydrogen-bond donors (Lipinski definition) is 5. The molecule has 0 spiro atoms. The molecule has 1 amide bonds. The first kappa shape index (κ1) is 29.5. The molecule has 0 saturated carbocycles. The number of likely N-dealkylation sites (N-methyl/N-ethyl adjacent to an activating group) is 2. The Balaban J connectivity index is 0.000000503. The molecule has 0 radical (unpaired) electrons. The van der Waals surface area contributed by atoms with Crippen LogP contribution < -0.4 is 16.0 Å². The highest BCUT2D eigenvalue weighted by atomic mass is 19.4. The standard InChI is InChI=1S/C11H22N2O3.C6H14N2O.C2HF3O/c1-11(2,3)16-10(15)13-6-8(12-4)5-9(13)7-14;1-7-5-2-6(4-9)8-3-5;3-2(4,5)1-6/h8-9,12,14H,5-7H2,1-4H3;5-9H,2-4H2,1H3;1H/t8-,9-;5-,6-;/m00./s1. The van der Waals surface area contributed by atoms with Crippen LogP contribution in [0.5, 0.6) is 0 Å². The van der Waals surface area contributed by atoms with E-state index in [-0.39, 0.29) is 31.4 Å². The maximum atomic E-state index is 11.9. The molecule has 0 aliphatic carbocycles. The van der Waals surface area contributed by atoms with Crippen LogP contribution in [0.4, 0.5) is 18.0 Å². The zero-order valence-corrected chi connectivity index (χ0v) is 18.8. The fourth-order valence-corrected chi connectivity index (χ4v) is 3.02. The summed E-state index contributed by atoms with van der Waals surface area (Å²) in [6, 6.07) is 0.988. The second-order valence-corrected chi connectivity index (χ2v) is 8.36. The lowest BCUT2D eigenvalue weighted by atomic mass is 10.2. The van der Waals surface area contributed by atoms with Crippen LogP contribution in [0.3, 0.4) is 0 Å². The van der Waals surface area contributed by atoms with Gasteiger partial charge in [0.1, 0.15) is 5.60 Å². The van der Waals surface area contributed by atoms with Crippen LogP contribution >= 0.6 is 0 Å². The van der Waals surface area contributed by atoms with Crippen molar-refractivity contribution < 1.29 is 37.7 Å². The summed E-state index contributed by atoms with van der Waals surface area (Å²) in [4.78, 5) is 22.2. The minimum Gasteiger partial charge on any atom is -0.444 e. The molecule has 31 heavy (non-hydrogen) atoms. The molecule has 2 fully saturated rings. The van der Waals surface area contributed by atoms with Crippen molar-refractivity contribution in [2.24, 2.45) is 0 Å². The van der Waals surface area contributed by atoms with Gasteiger partial charge in [-0.25, -0.2) is 4.79 Å². The SMILES string of the molecule is CN[C@@H]1CN[C@H](CO)C1.CN[C@H]1C[C@@H](CO)N(C(=O)OC(C)(C)C)C1.O=CC(F)(F)F. The van der Waals surface area contributed by atoms with Crippen molar-refractivity contribution in [3.05, 3.63) is 0 Å². The Hall–Kier alpha value is -1.47. The molecule has 184 valence electrons. The lowest BCUT2D eigenvalue weighted by Crippen LogP contribution is -2.42. The molecular weight excluding hydrogens is 421 g/mol. The van der Waals surface area contributed by atoms with Crippen molar-refractivity contribution in [1.82, 2.24) is 20.9 Å². The number of halogens is 3. The third kappa shape index (κ3) is 12.9. The Morgan fingerprint density at radius 1 is 1.13 bits per heavy atom. The summed E-state index contributed by atoms with van der Waals surface area (Å²) >= 11 is 0. The summed E-state index contributed by atoms with van der Waals surface area (Å²) in [5.74, 6) is 0. The predicted molar refractivity (Wildman–Crippen MR) is 110 cm³/mol. The van der Waals surface area contributed by atoms with E-state index in [4.69, 9.17) is 14.6 Å². The minimum absolute atomic E-state index is 0.0164. The van der Waals surface area contributed by atoms with Crippen LogP contribution in [0.25, 0.3) is 0 Å². The molecule has 2 saturated heterocycles. The number of nitrogens with zero attached hydrogens (tertiary/aromatic N) is 1. The molecule has 0 aromatic rings. The van der Waals surface area contributed by atoms with E-state index in [1.165, 1.54) is 0 Å². The van der Waals surface area contributed by atoms with Crippen LogP contribution in [0.15, 0.2) is 0 Å². The van der Waals surface area contributed by atoms with E-state index in [0.29, 0.717) is 18.6 Å². The van der Waals surface area contributed by atoms with Gasteiger partial charge in [0, 0.05) is 31.2 Å². The highest BCUT2D eigenvalue weighted by Gasteiger charge is 2.36. The number of carbonyl (C=O) groups excluding carboxylic acids is 2. The van der Waals surface area contributed by atoms with E-state index in [2.05, 4.69) is 16.0 Å². The number of amides is 1. The summed E-state index contributed by atoms with van der Waals surface area (Å²) in [6.07, 6.45) is -4.23. The molecule has 2 aliphatic heterocycles. The van der Waals surface area contributed by atoms with Crippen molar-refractivity contribution in [3.63, 3.8) is 0 Å². The Morgan fingerprint density at radius 3 is 2.00 bits per heavy atom. The van der Waals surface area contributed by atoms with Gasteiger partial charge in [-0.1, -0.05) is 0 Å². The van der Waals surface area contributed by atoms with E-state index < -0.39 is 18.1 Å². The monoisotopic (exact) mass is 458 g/mol. The van der Waals surface area contributed by atoms with Gasteiger partial charge in [0.2, 0.25) is 6.29 Å². The first-order valence-electron chi connectivity index (χ1n) is 10.1. The summed E-state index contributed by atoms with van der Waals surface area (Å²) < 4.78 is 36.5. The zero-order chi connectivity index (χ0) is 24.2. The molecule has 2 aliphatic rings. The van der Waals surface area contributed by atoms with Crippen LogP contribution in [0.2, 0.25) is 0 Å². The van der Waals surface area contributed by atoms with Crippen LogP contribution in [-0.4, -0.2) is 104 Å². The second kappa shape index (κ2) is 13.8. The molecule has 0 aromatic heterocycles. The fourth-order valence-electron chi connectivity index (χ4n) is 3.02. The van der Waals surface area contributed by atoms with E-state index >= 15 is 0 Å². The van der Waals surface area contributed by atoms with Gasteiger partial charge in [-0.2, -0.15) is 13.2 Å². The van der Waals surface area contributed by atoms with Gasteiger partial charge in [-0.05, 0) is 47.7 Å². The quantitative estimate of drug-likeness (QED) is 0.380. The third-order valence-electron chi connectivity index (χ3n) is 4.65. The van der Waals surface area contributed by atoms with E-state index in [0.717, 1.165) is 19.4 Å². The van der Waals surface area contributed by atoms with Crippen molar-refractivity contribution >= 4 is 12.4 Å². The molecule has 2 rings (SSSR count). The molecule has 0 bridgehead atoms. The normalized spacial score (nSPS) is 25.8. The maximum absolute atomic E-state index is 11.9. The molecule has 9 nitrogen and oxygen atoms in total. The Kier molecular flexibility index (Phi) is 13.2. The average molecular weight is 459 g/mol. The Labute approximate surface area is 181 Å². The zero-order valence-electron chi connectivity index (χ0n) is 18.8. The molecule has 0 aromatic carbocycles. The molecule has 4 atom stereocenters. The van der Waals surface area contributed by atoms with Crippen molar-refractivity contribution in [2.45, 2.75) is 69.6 Å². The second-order valence-electron chi connectivity index (χ2n) is 8.36. The number of aldehydes is 1. The van der Waals surface area contributed by atoms with E-state index in [9.17, 15) is 23.1 Å². The van der Waals surface area contributed by atoms with E-state index in [1.807, 2.05) is 34.9 Å². The smallest absolute Gasteiger partial charge is 0.444 e. The highest BCUT2D eigenvalue weighted by molar-refractivity contribution is 5.69. The number of aliphatic hydroxyl groups is 2. The topological polar surface area (TPSA) is 123 Å². The van der Waals surface area contributed by atoms with Gasteiger partial charge >= 0.3 is 12.3 Å². The summed E-state index contributed by atoms with van der Waals surface area (Å²) in [5, 5.41) is 27.4. The summed E-state index contributed by atoms with van der Waals surface area (Å²) in [5.41, 5.74) is -0.491. The highest BCUT2D eigenvalue weighted by Crippen LogP contribution is 2.20. The maximum Gasteiger partial charge on any atom is 0.446 e. The summed E-state index contributed by atoms with van der Waals surface area (Å²) in [7, 11) is 3.81. The van der Waals surface area contributed by atoms with Crippen LogP contribution in [0.1, 0.15) is 33.6 Å². The lowest BCUT2D eigenvalue weighted by molar-refractivity contribution is -0.156. The predicted octanol–water partition coefficient (Wildman–Crippen LogP) is 0.252. The number of carbonyl (C=O) groups is 2. The number of aliphatic hydroxyl groups excluding tert-OH is 2. The molecule has 12 heteroatoms. The van der Waals surface area contributed by atoms with Gasteiger partial charge in [0.15, 0.2) is 0 Å². The van der Waals surface area contributed by atoms with E-state index in [1.54, 1.807) is 4.90 Å². The largest absolute Gasteiger partial charge is 0.446 e. The number of nitrogens with one attached hydrogen (secondary N) is 3. The first-order valence-corrected chi connectivity index (χ1v) is 10.1. The number of ether oxygens (including phenoxy) is 1. The van der Waals surface area contributed by atoms with Crippen molar-refractivity contribution in [1.29, 1.82) is 0 Å². The van der Waals surface area contributed by atoms with Gasteiger partial charge < -0.3 is 35.8 Å². The third-order valence-corrected chi connectivity index (χ3v) is 4.65. The average Bonchev–Trinajstić information content (AvgIpc) is 3.33. The van der Waals surface area contributed by atoms with Gasteiger partial charge in [0.05, 0.1) is 19.3 Å². The summed E-state index contributed by atoms with van der Waals surface area (Å²) in [6.45, 7) is 7.34. The number of alkyl halides is 3. The molecule has 5 N–H and O–H groups in total. The van der Waals surface area contributed by atoms with Crippen LogP contribution in [-0.2, 0) is 9.53 Å². The molecule has 2 heterocycles. The fraction of sp³-hybridized carbons (Fsp3) is 0.895. The molecular formula is C19H37F3N4O5. The number of rotatable bonds is 4. The number of hydrogen-bond acceptors (Lipinski definition) is 8. The minimum atomic E-state index is -4.64.